The quantitative estimate of drug-likeness (QED) is 0.850. The molecule has 0 fully saturated rings. The molecule has 100 valence electrons. The molecule has 0 saturated heterocycles. The molecule has 1 amide bonds. The number of nitrogens with zero attached hydrogens (tertiary/aromatic N) is 1. The van der Waals surface area contributed by atoms with Crippen LogP contribution in [0.4, 0.5) is 5.69 Å². The van der Waals surface area contributed by atoms with Gasteiger partial charge in [0.15, 0.2) is 6.61 Å². The van der Waals surface area contributed by atoms with Gasteiger partial charge < -0.3 is 15.4 Å². The summed E-state index contributed by atoms with van der Waals surface area (Å²) in [6.07, 6.45) is 0. The van der Waals surface area contributed by atoms with Crippen LogP contribution >= 0.6 is 15.9 Å². The summed E-state index contributed by atoms with van der Waals surface area (Å²) in [5, 5.41) is 0. The van der Waals surface area contributed by atoms with Crippen molar-refractivity contribution in [3.63, 3.8) is 0 Å². The van der Waals surface area contributed by atoms with Crippen molar-refractivity contribution in [2.75, 3.05) is 25.4 Å². The van der Waals surface area contributed by atoms with Crippen molar-refractivity contribution in [2.24, 2.45) is 0 Å². The Morgan fingerprint density at radius 1 is 1.39 bits per heavy atom. The van der Waals surface area contributed by atoms with E-state index in [-0.39, 0.29) is 12.5 Å². The van der Waals surface area contributed by atoms with Gasteiger partial charge >= 0.3 is 0 Å². The first kappa shape index (κ1) is 14.8. The molecule has 0 heterocycles. The molecule has 0 saturated carbocycles. The van der Waals surface area contributed by atoms with Gasteiger partial charge in [0.05, 0.1) is 5.69 Å². The van der Waals surface area contributed by atoms with E-state index in [1.165, 1.54) is 0 Å². The molecule has 0 spiro atoms. The molecule has 0 bridgehead atoms. The molecule has 5 heteroatoms. The maximum Gasteiger partial charge on any atom is 0.260 e. The second-order valence-corrected chi connectivity index (χ2v) is 4.91. The third-order valence-corrected chi connectivity index (χ3v) is 3.18. The fraction of sp³-hybridized carbons (Fsp3) is 0.462. The lowest BCUT2D eigenvalue weighted by Gasteiger charge is -2.19. The monoisotopic (exact) mass is 314 g/mol. The summed E-state index contributed by atoms with van der Waals surface area (Å²) in [6.45, 7) is 7.19. The Morgan fingerprint density at radius 3 is 2.50 bits per heavy atom. The summed E-state index contributed by atoms with van der Waals surface area (Å²) in [5.74, 6) is 0.556. The smallest absolute Gasteiger partial charge is 0.260 e. The maximum absolute atomic E-state index is 11.8. The number of halogens is 1. The average Bonchev–Trinajstić information content (AvgIpc) is 2.29. The lowest BCUT2D eigenvalue weighted by molar-refractivity contribution is -0.132. The first-order valence-electron chi connectivity index (χ1n) is 5.95. The highest BCUT2D eigenvalue weighted by Gasteiger charge is 2.12. The lowest BCUT2D eigenvalue weighted by Crippen LogP contribution is -2.34. The maximum atomic E-state index is 11.8. The molecule has 4 nitrogen and oxygen atoms in total. The molecular weight excluding hydrogens is 296 g/mol. The highest BCUT2D eigenvalue weighted by atomic mass is 79.9. The topological polar surface area (TPSA) is 55.6 Å². The van der Waals surface area contributed by atoms with E-state index >= 15 is 0 Å². The minimum Gasteiger partial charge on any atom is -0.481 e. The van der Waals surface area contributed by atoms with Crippen LogP contribution in [0.1, 0.15) is 19.4 Å². The number of carbonyl (C=O) groups is 1. The number of aryl methyl sites for hydroxylation is 1. The van der Waals surface area contributed by atoms with Gasteiger partial charge in [-0.1, -0.05) is 15.9 Å². The number of nitrogens with two attached hydrogens (primary N) is 1. The van der Waals surface area contributed by atoms with E-state index in [2.05, 4.69) is 15.9 Å². The molecule has 0 aliphatic rings. The van der Waals surface area contributed by atoms with Crippen LogP contribution in [-0.4, -0.2) is 30.5 Å². The first-order chi connectivity index (χ1) is 8.49. The Hall–Kier alpha value is -1.23. The zero-order valence-corrected chi connectivity index (χ0v) is 12.6. The molecule has 0 aliphatic carbocycles. The van der Waals surface area contributed by atoms with Gasteiger partial charge in [0.1, 0.15) is 5.75 Å². The molecule has 1 aromatic rings. The molecule has 18 heavy (non-hydrogen) atoms. The van der Waals surface area contributed by atoms with Crippen LogP contribution in [0.2, 0.25) is 0 Å². The lowest BCUT2D eigenvalue weighted by atomic mass is 10.2. The van der Waals surface area contributed by atoms with Gasteiger partial charge in [-0.25, -0.2) is 0 Å². The molecular formula is C13H19BrN2O2. The van der Waals surface area contributed by atoms with Crippen LogP contribution in [-0.2, 0) is 4.79 Å². The number of hydrogen-bond donors (Lipinski definition) is 1. The Morgan fingerprint density at radius 2 is 2.00 bits per heavy atom. The Balaban J connectivity index is 2.72. The summed E-state index contributed by atoms with van der Waals surface area (Å²) < 4.78 is 6.43. The van der Waals surface area contributed by atoms with Crippen LogP contribution in [0.5, 0.6) is 5.75 Å². The SMILES string of the molecule is CCN(CC)C(=O)COc1c(C)cc(Br)cc1N. The first-order valence-corrected chi connectivity index (χ1v) is 6.75. The zero-order valence-electron chi connectivity index (χ0n) is 11.0. The van der Waals surface area contributed by atoms with Crippen molar-refractivity contribution in [2.45, 2.75) is 20.8 Å². The third kappa shape index (κ3) is 3.63. The minimum absolute atomic E-state index is 0.0222. The van der Waals surface area contributed by atoms with Crippen LogP contribution < -0.4 is 10.5 Å². The molecule has 0 unspecified atom stereocenters. The summed E-state index contributed by atoms with van der Waals surface area (Å²) in [4.78, 5) is 13.5. The van der Waals surface area contributed by atoms with Crippen LogP contribution in [0.3, 0.4) is 0 Å². The van der Waals surface area contributed by atoms with Gasteiger partial charge in [-0.3, -0.25) is 4.79 Å². The molecule has 0 aliphatic heterocycles. The molecule has 2 N–H and O–H groups in total. The zero-order chi connectivity index (χ0) is 13.7. The van der Waals surface area contributed by atoms with Crippen LogP contribution in [0, 0.1) is 6.92 Å². The second-order valence-electron chi connectivity index (χ2n) is 4.00. The largest absolute Gasteiger partial charge is 0.481 e. The van der Waals surface area contributed by atoms with Gasteiger partial charge in [-0.2, -0.15) is 0 Å². The highest BCUT2D eigenvalue weighted by molar-refractivity contribution is 9.10. The summed E-state index contributed by atoms with van der Waals surface area (Å²) >= 11 is 3.36. The van der Waals surface area contributed by atoms with Crippen molar-refractivity contribution >= 4 is 27.5 Å². The second kappa shape index (κ2) is 6.64. The molecule has 0 aromatic heterocycles. The number of ether oxygens (including phenoxy) is 1. The molecule has 0 atom stereocenters. The normalized spacial score (nSPS) is 10.2. The number of carbonyl (C=O) groups excluding carboxylic acids is 1. The third-order valence-electron chi connectivity index (χ3n) is 2.72. The fourth-order valence-corrected chi connectivity index (χ4v) is 2.34. The van der Waals surface area contributed by atoms with Crippen molar-refractivity contribution in [3.8, 4) is 5.75 Å². The van der Waals surface area contributed by atoms with Crippen LogP contribution in [0.25, 0.3) is 0 Å². The van der Waals surface area contributed by atoms with Gasteiger partial charge in [-0.15, -0.1) is 0 Å². The van der Waals surface area contributed by atoms with E-state index in [0.717, 1.165) is 10.0 Å². The fourth-order valence-electron chi connectivity index (χ4n) is 1.75. The van der Waals surface area contributed by atoms with Crippen molar-refractivity contribution in [1.82, 2.24) is 4.90 Å². The summed E-state index contributed by atoms with van der Waals surface area (Å²) in [6, 6.07) is 3.68. The number of benzene rings is 1. The standard InChI is InChI=1S/C13H19BrN2O2/c1-4-16(5-2)12(17)8-18-13-9(3)6-10(14)7-11(13)15/h6-7H,4-5,8,15H2,1-3H3. The minimum atomic E-state index is -0.0262. The highest BCUT2D eigenvalue weighted by Crippen LogP contribution is 2.29. The van der Waals surface area contributed by atoms with E-state index in [1.54, 1.807) is 11.0 Å². The predicted octanol–water partition coefficient (Wildman–Crippen LogP) is 2.59. The van der Waals surface area contributed by atoms with Gasteiger partial charge in [0.2, 0.25) is 0 Å². The molecule has 1 aromatic carbocycles. The Labute approximate surface area is 116 Å². The van der Waals surface area contributed by atoms with Gasteiger partial charge in [0.25, 0.3) is 5.91 Å². The van der Waals surface area contributed by atoms with Gasteiger partial charge in [-0.05, 0) is 38.5 Å². The molecule has 0 radical (unpaired) electrons. The van der Waals surface area contributed by atoms with Crippen LogP contribution in [0.15, 0.2) is 16.6 Å². The number of hydrogen-bond acceptors (Lipinski definition) is 3. The Bertz CT molecular complexity index is 408. The average molecular weight is 315 g/mol. The predicted molar refractivity (Wildman–Crippen MR) is 76.7 cm³/mol. The molecule has 1 rings (SSSR count). The Kier molecular flexibility index (Phi) is 5.47. The van der Waals surface area contributed by atoms with E-state index in [9.17, 15) is 4.79 Å². The number of likely N-dealkylation sites (N-methyl/N-ethyl adjacent to an activating group) is 1. The summed E-state index contributed by atoms with van der Waals surface area (Å²) in [5.41, 5.74) is 7.32. The van der Waals surface area contributed by atoms with E-state index in [0.29, 0.717) is 24.5 Å². The number of anilines is 1. The summed E-state index contributed by atoms with van der Waals surface area (Å²) in [7, 11) is 0. The number of rotatable bonds is 5. The van der Waals surface area contributed by atoms with Crippen molar-refractivity contribution < 1.29 is 9.53 Å². The number of nitrogen functional groups attached to an aromatic ring is 1. The van der Waals surface area contributed by atoms with Crippen molar-refractivity contribution in [3.05, 3.63) is 22.2 Å². The van der Waals surface area contributed by atoms with E-state index in [1.807, 2.05) is 26.8 Å². The van der Waals surface area contributed by atoms with Crippen molar-refractivity contribution in [1.29, 1.82) is 0 Å². The van der Waals surface area contributed by atoms with Gasteiger partial charge in [0, 0.05) is 17.6 Å². The van der Waals surface area contributed by atoms with E-state index in [4.69, 9.17) is 10.5 Å². The number of amides is 1. The van der Waals surface area contributed by atoms with E-state index < -0.39 is 0 Å².